The molecule has 2 rings (SSSR count). The topological polar surface area (TPSA) is 37.8 Å². The van der Waals surface area contributed by atoms with Crippen molar-refractivity contribution in [1.82, 2.24) is 9.78 Å². The highest BCUT2D eigenvalue weighted by Gasteiger charge is 2.08. The Labute approximate surface area is 102 Å². The number of fused-ring (bicyclic) bond motifs is 1. The number of hydrogen-bond donors (Lipinski definition) is 1. The number of aromatic nitrogens is 2. The maximum atomic E-state index is 11.6. The molecule has 0 fully saturated rings. The number of benzene rings is 1. The molecule has 17 heavy (non-hydrogen) atoms. The monoisotopic (exact) mass is 234 g/mol. The number of aryl methyl sites for hydroxylation is 1. The van der Waals surface area contributed by atoms with Crippen LogP contribution in [0.5, 0.6) is 0 Å². The van der Waals surface area contributed by atoms with Crippen LogP contribution < -0.4 is 5.56 Å². The van der Waals surface area contributed by atoms with Crippen LogP contribution in [0.15, 0.2) is 23.0 Å². The highest BCUT2D eigenvalue weighted by molar-refractivity contribution is 5.79. The minimum absolute atomic E-state index is 0.00125. The summed E-state index contributed by atoms with van der Waals surface area (Å²) in [5.41, 5.74) is 2.27. The molecule has 1 heterocycles. The van der Waals surface area contributed by atoms with Crippen molar-refractivity contribution >= 4 is 10.9 Å². The van der Waals surface area contributed by atoms with Crippen LogP contribution in [0.4, 0.5) is 0 Å². The first-order chi connectivity index (χ1) is 8.13. The molecule has 1 N–H and O–H groups in total. The standard InChI is InChI=1S/C12H16N2O.C2H6/c1-4-9-5-6-10-11(7-9)14(8(2)3)13-12(10)15;1-2/h5-8H,4H2,1-3H3,(H,13,15);1-2H3. The van der Waals surface area contributed by atoms with Crippen molar-refractivity contribution in [3.8, 4) is 0 Å². The molecule has 0 aliphatic carbocycles. The van der Waals surface area contributed by atoms with E-state index in [1.807, 2.05) is 30.7 Å². The summed E-state index contributed by atoms with van der Waals surface area (Å²) < 4.78 is 1.93. The average molecular weight is 234 g/mol. The molecule has 1 aromatic carbocycles. The Bertz CT molecular complexity index is 535. The van der Waals surface area contributed by atoms with E-state index in [2.05, 4.69) is 31.9 Å². The molecule has 3 nitrogen and oxygen atoms in total. The number of hydrogen-bond acceptors (Lipinski definition) is 1. The summed E-state index contributed by atoms with van der Waals surface area (Å²) in [5.74, 6) is 0. The number of rotatable bonds is 2. The Morgan fingerprint density at radius 1 is 1.29 bits per heavy atom. The van der Waals surface area contributed by atoms with Gasteiger partial charge in [0, 0.05) is 6.04 Å². The summed E-state index contributed by atoms with van der Waals surface area (Å²) in [7, 11) is 0. The predicted octanol–water partition coefficient (Wildman–Crippen LogP) is 3.50. The lowest BCUT2D eigenvalue weighted by Gasteiger charge is -2.08. The van der Waals surface area contributed by atoms with Gasteiger partial charge in [-0.3, -0.25) is 14.6 Å². The average Bonchev–Trinajstić information content (AvgIpc) is 2.69. The third-order valence-corrected chi connectivity index (χ3v) is 2.71. The molecule has 3 heteroatoms. The van der Waals surface area contributed by atoms with Crippen molar-refractivity contribution in [3.05, 3.63) is 34.1 Å². The van der Waals surface area contributed by atoms with Crippen LogP contribution in [0.1, 0.15) is 46.2 Å². The maximum Gasteiger partial charge on any atom is 0.271 e. The van der Waals surface area contributed by atoms with Gasteiger partial charge in [0.25, 0.3) is 5.56 Å². The van der Waals surface area contributed by atoms with Gasteiger partial charge in [0.15, 0.2) is 0 Å². The Hall–Kier alpha value is -1.51. The molecule has 0 radical (unpaired) electrons. The van der Waals surface area contributed by atoms with Gasteiger partial charge in [-0.1, -0.05) is 26.8 Å². The van der Waals surface area contributed by atoms with Gasteiger partial charge in [0.2, 0.25) is 0 Å². The molecule has 0 aliphatic rings. The van der Waals surface area contributed by atoms with Gasteiger partial charge in [0.1, 0.15) is 0 Å². The van der Waals surface area contributed by atoms with E-state index in [0.717, 1.165) is 17.3 Å². The second-order valence-electron chi connectivity index (χ2n) is 4.11. The lowest BCUT2D eigenvalue weighted by Crippen LogP contribution is -2.07. The summed E-state index contributed by atoms with van der Waals surface area (Å²) in [6.45, 7) is 10.2. The van der Waals surface area contributed by atoms with Crippen LogP contribution in [-0.4, -0.2) is 9.78 Å². The van der Waals surface area contributed by atoms with Crippen molar-refractivity contribution in [3.63, 3.8) is 0 Å². The van der Waals surface area contributed by atoms with Crippen LogP contribution >= 0.6 is 0 Å². The molecule has 0 amide bonds. The van der Waals surface area contributed by atoms with Crippen LogP contribution in [0.3, 0.4) is 0 Å². The molecule has 1 aromatic heterocycles. The normalized spacial score (nSPS) is 10.5. The first-order valence-corrected chi connectivity index (χ1v) is 6.36. The van der Waals surface area contributed by atoms with E-state index in [1.165, 1.54) is 5.56 Å². The summed E-state index contributed by atoms with van der Waals surface area (Å²) in [5, 5.41) is 3.64. The van der Waals surface area contributed by atoms with Crippen LogP contribution in [0.2, 0.25) is 0 Å². The molecule has 0 saturated heterocycles. The van der Waals surface area contributed by atoms with Crippen molar-refractivity contribution in [2.45, 2.75) is 47.1 Å². The largest absolute Gasteiger partial charge is 0.282 e. The molecule has 94 valence electrons. The summed E-state index contributed by atoms with van der Waals surface area (Å²) >= 11 is 0. The second kappa shape index (κ2) is 5.71. The fraction of sp³-hybridized carbons (Fsp3) is 0.500. The van der Waals surface area contributed by atoms with Crippen molar-refractivity contribution < 1.29 is 0 Å². The maximum absolute atomic E-state index is 11.6. The Morgan fingerprint density at radius 2 is 1.94 bits per heavy atom. The Balaban J connectivity index is 0.000000686. The second-order valence-corrected chi connectivity index (χ2v) is 4.11. The highest BCUT2D eigenvalue weighted by atomic mass is 16.1. The Kier molecular flexibility index (Phi) is 4.55. The summed E-state index contributed by atoms with van der Waals surface area (Å²) in [6.07, 6.45) is 0.993. The quantitative estimate of drug-likeness (QED) is 0.848. The van der Waals surface area contributed by atoms with Gasteiger partial charge in [-0.2, -0.15) is 0 Å². The third-order valence-electron chi connectivity index (χ3n) is 2.71. The first kappa shape index (κ1) is 13.6. The van der Waals surface area contributed by atoms with Gasteiger partial charge in [-0.15, -0.1) is 0 Å². The van der Waals surface area contributed by atoms with E-state index < -0.39 is 0 Å². The molecule has 0 unspecified atom stereocenters. The molecule has 0 bridgehead atoms. The van der Waals surface area contributed by atoms with Crippen molar-refractivity contribution in [1.29, 1.82) is 0 Å². The molecular weight excluding hydrogens is 212 g/mol. The zero-order chi connectivity index (χ0) is 13.0. The Morgan fingerprint density at radius 3 is 2.47 bits per heavy atom. The molecule has 0 atom stereocenters. The lowest BCUT2D eigenvalue weighted by molar-refractivity contribution is 0.546. The van der Waals surface area contributed by atoms with Crippen LogP contribution in [-0.2, 0) is 6.42 Å². The molecule has 0 aliphatic heterocycles. The number of aromatic amines is 1. The van der Waals surface area contributed by atoms with E-state index in [0.29, 0.717) is 0 Å². The fourth-order valence-corrected chi connectivity index (χ4v) is 1.83. The smallest absolute Gasteiger partial charge is 0.271 e. The van der Waals surface area contributed by atoms with E-state index in [1.54, 1.807) is 0 Å². The van der Waals surface area contributed by atoms with E-state index in [4.69, 9.17) is 0 Å². The third kappa shape index (κ3) is 2.60. The van der Waals surface area contributed by atoms with Crippen molar-refractivity contribution in [2.75, 3.05) is 0 Å². The molecule has 2 aromatic rings. The van der Waals surface area contributed by atoms with Gasteiger partial charge in [-0.05, 0) is 38.0 Å². The number of nitrogens with one attached hydrogen (secondary N) is 1. The fourth-order valence-electron chi connectivity index (χ4n) is 1.83. The highest BCUT2D eigenvalue weighted by Crippen LogP contribution is 2.16. The first-order valence-electron chi connectivity index (χ1n) is 6.36. The summed E-state index contributed by atoms with van der Waals surface area (Å²) in [6, 6.07) is 6.30. The van der Waals surface area contributed by atoms with Crippen LogP contribution in [0.25, 0.3) is 10.9 Å². The molecule has 0 saturated carbocycles. The number of H-pyrrole nitrogens is 1. The van der Waals surface area contributed by atoms with Gasteiger partial charge >= 0.3 is 0 Å². The van der Waals surface area contributed by atoms with E-state index in [-0.39, 0.29) is 11.6 Å². The zero-order valence-corrected chi connectivity index (χ0v) is 11.4. The summed E-state index contributed by atoms with van der Waals surface area (Å²) in [4.78, 5) is 11.6. The van der Waals surface area contributed by atoms with Gasteiger partial charge in [-0.25, -0.2) is 0 Å². The molecule has 0 spiro atoms. The van der Waals surface area contributed by atoms with Crippen LogP contribution in [0, 0.1) is 0 Å². The van der Waals surface area contributed by atoms with Gasteiger partial charge < -0.3 is 0 Å². The minimum atomic E-state index is 0.00125. The van der Waals surface area contributed by atoms with E-state index in [9.17, 15) is 4.79 Å². The SMILES string of the molecule is CC.CCc1ccc2c(=O)[nH]n(C(C)C)c2c1. The van der Waals surface area contributed by atoms with Gasteiger partial charge in [0.05, 0.1) is 10.9 Å². The number of nitrogens with zero attached hydrogens (tertiary/aromatic N) is 1. The lowest BCUT2D eigenvalue weighted by atomic mass is 10.1. The minimum Gasteiger partial charge on any atom is -0.282 e. The zero-order valence-electron chi connectivity index (χ0n) is 11.4. The molecular formula is C14H22N2O. The van der Waals surface area contributed by atoms with E-state index >= 15 is 0 Å². The predicted molar refractivity (Wildman–Crippen MR) is 73.7 cm³/mol. The van der Waals surface area contributed by atoms with Crippen molar-refractivity contribution in [2.24, 2.45) is 0 Å².